The van der Waals surface area contributed by atoms with Gasteiger partial charge in [-0.3, -0.25) is 0 Å². The van der Waals surface area contributed by atoms with Gasteiger partial charge in [0.2, 0.25) is 0 Å². The molecular weight excluding hydrogens is 276 g/mol. The Bertz CT molecular complexity index is 378. The second-order valence-corrected chi connectivity index (χ2v) is 6.55. The van der Waals surface area contributed by atoms with Crippen molar-refractivity contribution in [3.05, 3.63) is 11.8 Å². The zero-order valence-corrected chi connectivity index (χ0v) is 13.4. The van der Waals surface area contributed by atoms with Gasteiger partial charge in [-0.15, -0.1) is 11.8 Å². The monoisotopic (exact) mass is 300 g/mol. The van der Waals surface area contributed by atoms with Gasteiger partial charge in [0.25, 0.3) is 0 Å². The molecule has 0 amide bonds. The van der Waals surface area contributed by atoms with E-state index < -0.39 is 11.9 Å². The molecule has 1 rings (SSSR count). The molecule has 1 atom stereocenters. The first-order valence-electron chi connectivity index (χ1n) is 7.27. The van der Waals surface area contributed by atoms with Crippen molar-refractivity contribution in [1.29, 1.82) is 0 Å². The van der Waals surface area contributed by atoms with E-state index in [0.29, 0.717) is 5.76 Å². The molecule has 0 aromatic heterocycles. The molecule has 0 saturated heterocycles. The largest absolute Gasteiger partial charge is 0.458 e. The molecule has 114 valence electrons. The van der Waals surface area contributed by atoms with Crippen LogP contribution in [0.1, 0.15) is 52.9 Å². The molecule has 0 aliphatic carbocycles. The molecule has 0 bridgehead atoms. The van der Waals surface area contributed by atoms with Crippen LogP contribution in [0, 0.1) is 0 Å². The van der Waals surface area contributed by atoms with Crippen LogP contribution in [0.25, 0.3) is 0 Å². The second kappa shape index (κ2) is 8.35. The van der Waals surface area contributed by atoms with Gasteiger partial charge in [-0.2, -0.15) is 0 Å². The number of hydrogen-bond donors (Lipinski definition) is 0. The molecule has 0 aromatic carbocycles. The minimum absolute atomic E-state index is 0.177. The summed E-state index contributed by atoms with van der Waals surface area (Å²) in [7, 11) is 0. The van der Waals surface area contributed by atoms with E-state index in [-0.39, 0.29) is 11.4 Å². The number of hydrogen-bond acceptors (Lipinski definition) is 5. The number of rotatable bonds is 7. The molecule has 4 nitrogen and oxygen atoms in total. The van der Waals surface area contributed by atoms with Crippen LogP contribution >= 0.6 is 11.8 Å². The van der Waals surface area contributed by atoms with E-state index in [1.54, 1.807) is 18.7 Å². The lowest BCUT2D eigenvalue weighted by molar-refractivity contribution is -0.165. The van der Waals surface area contributed by atoms with Crippen molar-refractivity contribution in [2.75, 3.05) is 12.4 Å². The highest BCUT2D eigenvalue weighted by Gasteiger charge is 2.37. The maximum Gasteiger partial charge on any atom is 0.422 e. The first-order valence-corrected chi connectivity index (χ1v) is 8.25. The van der Waals surface area contributed by atoms with Gasteiger partial charge < -0.3 is 9.47 Å². The number of thioether (sulfide) groups is 1. The predicted molar refractivity (Wildman–Crippen MR) is 80.4 cm³/mol. The highest BCUT2D eigenvalue weighted by atomic mass is 32.2. The Labute approximate surface area is 125 Å². The summed E-state index contributed by atoms with van der Waals surface area (Å²) in [5.74, 6) is -0.411. The van der Waals surface area contributed by atoms with Crippen LogP contribution in [0.2, 0.25) is 0 Å². The van der Waals surface area contributed by atoms with Crippen LogP contribution in [0.3, 0.4) is 0 Å². The Hall–Kier alpha value is -0.970. The zero-order valence-electron chi connectivity index (χ0n) is 12.6. The molecule has 1 heterocycles. The fourth-order valence-corrected chi connectivity index (χ4v) is 3.31. The molecule has 20 heavy (non-hydrogen) atoms. The van der Waals surface area contributed by atoms with Gasteiger partial charge in [-0.05, 0) is 26.3 Å². The summed E-state index contributed by atoms with van der Waals surface area (Å²) in [6.07, 6.45) is 7.56. The lowest BCUT2D eigenvalue weighted by Gasteiger charge is -2.25. The summed E-state index contributed by atoms with van der Waals surface area (Å²) < 4.78 is 9.67. The minimum atomic E-state index is -0.918. The third-order valence-electron chi connectivity index (χ3n) is 3.34. The summed E-state index contributed by atoms with van der Waals surface area (Å²) in [5.41, 5.74) is 0. The number of ether oxygens (including phenoxy) is 2. The fraction of sp³-hybridized carbons (Fsp3) is 0.733. The minimum Gasteiger partial charge on any atom is -0.458 e. The third kappa shape index (κ3) is 4.85. The average Bonchev–Trinajstić information content (AvgIpc) is 2.77. The fourth-order valence-electron chi connectivity index (χ4n) is 2.15. The van der Waals surface area contributed by atoms with Crippen molar-refractivity contribution >= 4 is 23.7 Å². The standard InChI is InChI=1S/C15H24O4S/c1-4-6-7-8-10-15(3)12(9-11-20-15)19-14(17)13(16)18-5-2/h9H,4-8,10-11H2,1-3H3. The van der Waals surface area contributed by atoms with Crippen LogP contribution < -0.4 is 0 Å². The van der Waals surface area contributed by atoms with E-state index in [1.807, 2.05) is 6.08 Å². The van der Waals surface area contributed by atoms with E-state index in [4.69, 9.17) is 4.74 Å². The van der Waals surface area contributed by atoms with Gasteiger partial charge in [-0.1, -0.05) is 32.6 Å². The molecule has 0 saturated carbocycles. The quantitative estimate of drug-likeness (QED) is 0.409. The lowest BCUT2D eigenvalue weighted by Crippen LogP contribution is -2.27. The van der Waals surface area contributed by atoms with Crippen LogP contribution in [-0.4, -0.2) is 29.0 Å². The molecule has 1 aliphatic rings. The van der Waals surface area contributed by atoms with Crippen molar-refractivity contribution in [2.45, 2.75) is 57.6 Å². The van der Waals surface area contributed by atoms with Gasteiger partial charge in [0.1, 0.15) is 5.76 Å². The van der Waals surface area contributed by atoms with Crippen LogP contribution in [0.4, 0.5) is 0 Å². The number of unbranched alkanes of at least 4 members (excludes halogenated alkanes) is 3. The molecule has 0 N–H and O–H groups in total. The summed E-state index contributed by atoms with van der Waals surface area (Å²) >= 11 is 1.76. The van der Waals surface area contributed by atoms with Crippen molar-refractivity contribution in [3.8, 4) is 0 Å². The van der Waals surface area contributed by atoms with Gasteiger partial charge in [0, 0.05) is 5.75 Å². The molecule has 5 heteroatoms. The topological polar surface area (TPSA) is 52.6 Å². The Kier molecular flexibility index (Phi) is 7.13. The normalized spacial score (nSPS) is 21.4. The molecule has 0 radical (unpaired) electrons. The van der Waals surface area contributed by atoms with Crippen molar-refractivity contribution < 1.29 is 19.1 Å². The van der Waals surface area contributed by atoms with Crippen LogP contribution in [0.5, 0.6) is 0 Å². The highest BCUT2D eigenvalue weighted by Crippen LogP contribution is 2.43. The first kappa shape index (κ1) is 17.1. The summed E-state index contributed by atoms with van der Waals surface area (Å²) in [6.45, 7) is 6.09. The summed E-state index contributed by atoms with van der Waals surface area (Å²) in [6, 6.07) is 0. The average molecular weight is 300 g/mol. The Morgan fingerprint density at radius 3 is 2.65 bits per heavy atom. The van der Waals surface area contributed by atoms with Crippen LogP contribution in [0.15, 0.2) is 11.8 Å². The zero-order chi connectivity index (χ0) is 15.0. The van der Waals surface area contributed by atoms with Gasteiger partial charge >= 0.3 is 11.9 Å². The number of carbonyl (C=O) groups excluding carboxylic acids is 2. The Morgan fingerprint density at radius 2 is 2.00 bits per heavy atom. The van der Waals surface area contributed by atoms with E-state index in [2.05, 4.69) is 18.6 Å². The summed E-state index contributed by atoms with van der Waals surface area (Å²) in [5, 5.41) is 0. The van der Waals surface area contributed by atoms with Crippen molar-refractivity contribution in [1.82, 2.24) is 0 Å². The van der Waals surface area contributed by atoms with Crippen molar-refractivity contribution in [3.63, 3.8) is 0 Å². The second-order valence-electron chi connectivity index (χ2n) is 5.03. The Balaban J connectivity index is 2.51. The molecule has 1 unspecified atom stereocenters. The smallest absolute Gasteiger partial charge is 0.422 e. The predicted octanol–water partition coefficient (Wildman–Crippen LogP) is 3.45. The lowest BCUT2D eigenvalue weighted by atomic mass is 9.99. The first-order chi connectivity index (χ1) is 9.53. The highest BCUT2D eigenvalue weighted by molar-refractivity contribution is 8.01. The van der Waals surface area contributed by atoms with Gasteiger partial charge in [0.05, 0.1) is 11.4 Å². The van der Waals surface area contributed by atoms with Crippen molar-refractivity contribution in [2.24, 2.45) is 0 Å². The van der Waals surface area contributed by atoms with E-state index >= 15 is 0 Å². The van der Waals surface area contributed by atoms with E-state index in [0.717, 1.165) is 18.6 Å². The number of carbonyl (C=O) groups is 2. The molecule has 0 aromatic rings. The van der Waals surface area contributed by atoms with Gasteiger partial charge in [0.15, 0.2) is 0 Å². The number of esters is 2. The molecule has 0 fully saturated rings. The Morgan fingerprint density at radius 1 is 1.25 bits per heavy atom. The molecule has 0 spiro atoms. The summed E-state index contributed by atoms with van der Waals surface area (Å²) in [4.78, 5) is 22.9. The maximum atomic E-state index is 11.6. The van der Waals surface area contributed by atoms with Crippen LogP contribution in [-0.2, 0) is 19.1 Å². The molecule has 1 aliphatic heterocycles. The maximum absolute atomic E-state index is 11.6. The third-order valence-corrected chi connectivity index (χ3v) is 4.72. The molecular formula is C15H24O4S. The van der Waals surface area contributed by atoms with E-state index in [1.165, 1.54) is 19.3 Å². The SMILES string of the molecule is CCCCCCC1(C)SCC=C1OC(=O)C(=O)OCC. The van der Waals surface area contributed by atoms with E-state index in [9.17, 15) is 9.59 Å². The van der Waals surface area contributed by atoms with Gasteiger partial charge in [-0.25, -0.2) is 9.59 Å².